The quantitative estimate of drug-likeness (QED) is 0.354. The number of hydrogen-bond acceptors (Lipinski definition) is 6. The number of nitriles is 1. The molecule has 0 bridgehead atoms. The number of hydrogen-bond donors (Lipinski definition) is 1. The van der Waals surface area contributed by atoms with Crippen LogP contribution in [0.2, 0.25) is 0 Å². The van der Waals surface area contributed by atoms with Crippen molar-refractivity contribution in [1.29, 1.82) is 5.26 Å². The minimum absolute atomic E-state index is 0.148. The predicted octanol–water partition coefficient (Wildman–Crippen LogP) is 3.70. The van der Waals surface area contributed by atoms with Gasteiger partial charge in [0, 0.05) is 34.1 Å². The maximum atomic E-state index is 12.9. The molecule has 2 N–H and O–H groups in total. The lowest BCUT2D eigenvalue weighted by Gasteiger charge is -2.18. The molecule has 0 spiro atoms. The van der Waals surface area contributed by atoms with Crippen molar-refractivity contribution in [3.8, 4) is 6.07 Å². The van der Waals surface area contributed by atoms with Crippen LogP contribution in [0, 0.1) is 11.3 Å². The first kappa shape index (κ1) is 18.4. The van der Waals surface area contributed by atoms with Crippen LogP contribution in [-0.4, -0.2) is 22.8 Å². The highest BCUT2D eigenvalue weighted by Crippen LogP contribution is 2.39. The zero-order chi connectivity index (χ0) is 18.5. The lowest BCUT2D eigenvalue weighted by molar-refractivity contribution is -0.121. The van der Waals surface area contributed by atoms with Crippen LogP contribution in [0.4, 0.5) is 11.4 Å². The van der Waals surface area contributed by atoms with E-state index in [1.807, 2.05) is 30.3 Å². The van der Waals surface area contributed by atoms with Gasteiger partial charge in [-0.2, -0.15) is 5.26 Å². The molecule has 0 unspecified atom stereocenters. The molecule has 5 nitrogen and oxygen atoms in total. The van der Waals surface area contributed by atoms with Crippen molar-refractivity contribution in [3.05, 3.63) is 48.5 Å². The number of nitrogens with zero attached hydrogens (tertiary/aromatic N) is 2. The Bertz CT molecular complexity index is 879. The van der Waals surface area contributed by atoms with Crippen LogP contribution in [0.25, 0.3) is 0 Å². The summed E-state index contributed by atoms with van der Waals surface area (Å²) in [5.41, 5.74) is 7.15. The van der Waals surface area contributed by atoms with Gasteiger partial charge >= 0.3 is 0 Å². The van der Waals surface area contributed by atoms with Gasteiger partial charge in [0.1, 0.15) is 0 Å². The van der Waals surface area contributed by atoms with Gasteiger partial charge in [0.2, 0.25) is 11.8 Å². The van der Waals surface area contributed by atoms with Gasteiger partial charge in [-0.3, -0.25) is 9.59 Å². The summed E-state index contributed by atoms with van der Waals surface area (Å²) in [6, 6.07) is 16.7. The second-order valence-corrected chi connectivity index (χ2v) is 8.02. The van der Waals surface area contributed by atoms with Gasteiger partial charge in [0.15, 0.2) is 0 Å². The Balaban J connectivity index is 1.82. The Labute approximate surface area is 160 Å². The second-order valence-electron chi connectivity index (χ2n) is 5.64. The maximum absolute atomic E-state index is 12.9. The molecule has 2 aromatic carbocycles. The van der Waals surface area contributed by atoms with Crippen molar-refractivity contribution in [2.75, 3.05) is 16.4 Å². The van der Waals surface area contributed by atoms with Crippen LogP contribution < -0.4 is 10.6 Å². The predicted molar refractivity (Wildman–Crippen MR) is 105 cm³/mol. The molecule has 1 saturated heterocycles. The van der Waals surface area contributed by atoms with Gasteiger partial charge in [0.25, 0.3) is 0 Å². The van der Waals surface area contributed by atoms with Crippen molar-refractivity contribution in [2.24, 2.45) is 0 Å². The first-order valence-corrected chi connectivity index (χ1v) is 9.95. The number of para-hydroxylation sites is 2. The third-order valence-corrected chi connectivity index (χ3v) is 6.21. The summed E-state index contributed by atoms with van der Waals surface area (Å²) in [5.74, 6) is 0.176. The smallest absolute Gasteiger partial charge is 0.247 e. The second kappa shape index (κ2) is 8.30. The first-order valence-electron chi connectivity index (χ1n) is 8.08. The third kappa shape index (κ3) is 3.87. The minimum atomic E-state index is -0.482. The topological polar surface area (TPSA) is 87.2 Å². The summed E-state index contributed by atoms with van der Waals surface area (Å²) in [7, 11) is 0. The monoisotopic (exact) mass is 383 g/mol. The molecule has 1 heterocycles. The van der Waals surface area contributed by atoms with Crippen LogP contribution in [0.15, 0.2) is 58.3 Å². The molecule has 1 fully saturated rings. The van der Waals surface area contributed by atoms with Crippen LogP contribution in [0.1, 0.15) is 12.8 Å². The van der Waals surface area contributed by atoms with E-state index in [4.69, 9.17) is 11.0 Å². The van der Waals surface area contributed by atoms with E-state index in [0.717, 1.165) is 9.79 Å². The minimum Gasteiger partial charge on any atom is -0.398 e. The Morgan fingerprint density at radius 3 is 2.54 bits per heavy atom. The molecule has 0 radical (unpaired) electrons. The van der Waals surface area contributed by atoms with Crippen molar-refractivity contribution >= 4 is 46.7 Å². The summed E-state index contributed by atoms with van der Waals surface area (Å²) < 4.78 is 0. The van der Waals surface area contributed by atoms with E-state index >= 15 is 0 Å². The van der Waals surface area contributed by atoms with E-state index in [0.29, 0.717) is 23.5 Å². The number of anilines is 2. The molecule has 3 rings (SSSR count). The van der Waals surface area contributed by atoms with Gasteiger partial charge in [0.05, 0.1) is 17.0 Å². The van der Waals surface area contributed by atoms with E-state index in [9.17, 15) is 9.59 Å². The van der Waals surface area contributed by atoms with Gasteiger partial charge in [-0.1, -0.05) is 24.3 Å². The molecule has 2 amide bonds. The van der Waals surface area contributed by atoms with Crippen LogP contribution >= 0.6 is 23.5 Å². The average Bonchev–Trinajstić information content (AvgIpc) is 2.91. The summed E-state index contributed by atoms with van der Waals surface area (Å²) in [6.07, 6.45) is 0.557. The number of carbonyl (C=O) groups excluding carboxylic acids is 2. The van der Waals surface area contributed by atoms with Crippen LogP contribution in [0.3, 0.4) is 0 Å². The zero-order valence-corrected chi connectivity index (χ0v) is 15.6. The molecule has 1 aliphatic heterocycles. The number of nitrogen functional groups attached to an aromatic ring is 1. The number of benzene rings is 2. The molecule has 2 aromatic rings. The van der Waals surface area contributed by atoms with E-state index in [-0.39, 0.29) is 18.2 Å². The SMILES string of the molecule is N#CCCSc1ccccc1N1C(=O)C[C@@H](Sc2ccccc2N)C1=O. The lowest BCUT2D eigenvalue weighted by atomic mass is 10.3. The molecule has 0 aliphatic carbocycles. The Kier molecular flexibility index (Phi) is 5.86. The molecule has 1 atom stereocenters. The summed E-state index contributed by atoms with van der Waals surface area (Å²) in [4.78, 5) is 28.3. The molecule has 1 aliphatic rings. The van der Waals surface area contributed by atoms with Crippen LogP contribution in [-0.2, 0) is 9.59 Å². The average molecular weight is 383 g/mol. The highest BCUT2D eigenvalue weighted by Gasteiger charge is 2.41. The van der Waals surface area contributed by atoms with Crippen molar-refractivity contribution in [2.45, 2.75) is 27.9 Å². The number of amides is 2. The molecule has 26 heavy (non-hydrogen) atoms. The number of nitrogens with two attached hydrogens (primary N) is 1. The molecule has 132 valence electrons. The van der Waals surface area contributed by atoms with E-state index in [1.165, 1.54) is 28.4 Å². The first-order chi connectivity index (χ1) is 12.6. The normalized spacial score (nSPS) is 16.7. The highest BCUT2D eigenvalue weighted by atomic mass is 32.2. The fourth-order valence-electron chi connectivity index (χ4n) is 2.66. The molecular formula is C19H17N3O2S2. The third-order valence-electron chi connectivity index (χ3n) is 3.87. The Hall–Kier alpha value is -2.43. The van der Waals surface area contributed by atoms with Crippen LogP contribution in [0.5, 0.6) is 0 Å². The molecule has 0 saturated carbocycles. The Morgan fingerprint density at radius 1 is 1.12 bits per heavy atom. The number of thioether (sulfide) groups is 2. The number of imide groups is 1. The summed E-state index contributed by atoms with van der Waals surface area (Å²) in [5, 5.41) is 8.23. The zero-order valence-electron chi connectivity index (χ0n) is 13.9. The maximum Gasteiger partial charge on any atom is 0.247 e. The van der Waals surface area contributed by atoms with Crippen molar-refractivity contribution < 1.29 is 9.59 Å². The van der Waals surface area contributed by atoms with Gasteiger partial charge in [-0.25, -0.2) is 4.90 Å². The number of carbonyl (C=O) groups is 2. The van der Waals surface area contributed by atoms with E-state index < -0.39 is 5.25 Å². The van der Waals surface area contributed by atoms with Crippen molar-refractivity contribution in [3.63, 3.8) is 0 Å². The Morgan fingerprint density at radius 2 is 1.81 bits per heavy atom. The summed E-state index contributed by atoms with van der Waals surface area (Å²) in [6.45, 7) is 0. The molecule has 0 aromatic heterocycles. The van der Waals surface area contributed by atoms with Gasteiger partial charge in [-0.15, -0.1) is 23.5 Å². The lowest BCUT2D eigenvalue weighted by Crippen LogP contribution is -2.31. The van der Waals surface area contributed by atoms with Gasteiger partial charge < -0.3 is 5.73 Å². The van der Waals surface area contributed by atoms with Crippen molar-refractivity contribution in [1.82, 2.24) is 0 Å². The number of rotatable bonds is 6. The summed E-state index contributed by atoms with van der Waals surface area (Å²) >= 11 is 2.80. The molecule has 7 heteroatoms. The standard InChI is InChI=1S/C19H17N3O2S2/c20-10-5-11-25-16-9-4-2-7-14(16)22-18(23)12-17(19(22)24)26-15-8-3-1-6-13(15)21/h1-4,6-9,17H,5,11-12,21H2/t17-/m1/s1. The van der Waals surface area contributed by atoms with Gasteiger partial charge in [-0.05, 0) is 24.3 Å². The fourth-order valence-corrected chi connectivity index (χ4v) is 4.66. The highest BCUT2D eigenvalue weighted by molar-refractivity contribution is 8.01. The fraction of sp³-hybridized carbons (Fsp3) is 0.211. The van der Waals surface area contributed by atoms with E-state index in [2.05, 4.69) is 6.07 Å². The van der Waals surface area contributed by atoms with E-state index in [1.54, 1.807) is 18.2 Å². The molecular weight excluding hydrogens is 366 g/mol. The largest absolute Gasteiger partial charge is 0.398 e.